The lowest BCUT2D eigenvalue weighted by Gasteiger charge is -2.29. The van der Waals surface area contributed by atoms with Gasteiger partial charge in [-0.3, -0.25) is 9.69 Å². The topological polar surface area (TPSA) is 52.6 Å². The highest BCUT2D eigenvalue weighted by Gasteiger charge is 2.19. The summed E-state index contributed by atoms with van der Waals surface area (Å²) in [6, 6.07) is 5.43. The van der Waals surface area contributed by atoms with Gasteiger partial charge >= 0.3 is 0 Å². The molecule has 104 valence electrons. The van der Waals surface area contributed by atoms with E-state index in [0.29, 0.717) is 18.1 Å². The van der Waals surface area contributed by atoms with E-state index in [0.717, 1.165) is 30.6 Å². The van der Waals surface area contributed by atoms with Crippen LogP contribution < -0.4 is 5.32 Å². The molecular formula is C14H19ClN2O2. The second-order valence-electron chi connectivity index (χ2n) is 5.04. The molecule has 1 amide bonds. The van der Waals surface area contributed by atoms with Gasteiger partial charge in [0.2, 0.25) is 5.91 Å². The Balaban J connectivity index is 1.92. The minimum Gasteiger partial charge on any atom is -0.392 e. The highest BCUT2D eigenvalue weighted by Crippen LogP contribution is 2.20. The van der Waals surface area contributed by atoms with Gasteiger partial charge in [-0.15, -0.1) is 0 Å². The van der Waals surface area contributed by atoms with E-state index < -0.39 is 0 Å². The highest BCUT2D eigenvalue weighted by molar-refractivity contribution is 6.31. The number of amides is 1. The summed E-state index contributed by atoms with van der Waals surface area (Å²) in [5, 5.41) is 13.0. The van der Waals surface area contributed by atoms with Gasteiger partial charge in [0, 0.05) is 17.3 Å². The molecule has 1 atom stereocenters. The molecule has 1 heterocycles. The van der Waals surface area contributed by atoms with Crippen LogP contribution in [0.3, 0.4) is 0 Å². The van der Waals surface area contributed by atoms with Crippen LogP contribution in [0.5, 0.6) is 0 Å². The Bertz CT molecular complexity index is 465. The molecule has 1 aromatic rings. The van der Waals surface area contributed by atoms with Gasteiger partial charge in [-0.25, -0.2) is 0 Å². The fraction of sp³-hybridized carbons (Fsp3) is 0.500. The summed E-state index contributed by atoms with van der Waals surface area (Å²) >= 11 is 5.92. The van der Waals surface area contributed by atoms with Gasteiger partial charge in [0.15, 0.2) is 0 Å². The first-order chi connectivity index (χ1) is 9.04. The monoisotopic (exact) mass is 282 g/mol. The molecular weight excluding hydrogens is 264 g/mol. The molecule has 2 N–H and O–H groups in total. The summed E-state index contributed by atoms with van der Waals surface area (Å²) in [5.74, 6) is -0.0699. The molecule has 2 rings (SSSR count). The Hall–Kier alpha value is -1.10. The van der Waals surface area contributed by atoms with E-state index in [1.165, 1.54) is 0 Å². The molecule has 0 aliphatic carbocycles. The number of rotatable bonds is 3. The molecule has 19 heavy (non-hydrogen) atoms. The largest absolute Gasteiger partial charge is 0.392 e. The van der Waals surface area contributed by atoms with Crippen LogP contribution in [0.25, 0.3) is 0 Å². The first-order valence-corrected chi connectivity index (χ1v) is 6.89. The van der Waals surface area contributed by atoms with Gasteiger partial charge in [-0.2, -0.15) is 0 Å². The molecule has 0 spiro atoms. The number of anilines is 1. The lowest BCUT2D eigenvalue weighted by Crippen LogP contribution is -2.42. The molecule has 1 aliphatic heterocycles. The highest BCUT2D eigenvalue weighted by atomic mass is 35.5. The maximum Gasteiger partial charge on any atom is 0.238 e. The number of β-amino-alcohol motifs (C(OH)–C–C–N with tert-alkyl or cyclic N) is 1. The minimum absolute atomic E-state index is 0.0699. The molecule has 5 heteroatoms. The molecule has 1 aromatic carbocycles. The predicted octanol–water partition coefficient (Wildman–Crippen LogP) is 2.04. The van der Waals surface area contributed by atoms with Crippen molar-refractivity contribution in [1.29, 1.82) is 0 Å². The Kier molecular flexibility index (Phi) is 4.80. The standard InChI is InChI=1S/C14H19ClN2O2/c1-10-4-5-11(15)7-13(10)16-14(19)9-17-6-2-3-12(18)8-17/h4-5,7,12,18H,2-3,6,8-9H2,1H3,(H,16,19)/t12-/m0/s1. The molecule has 0 unspecified atom stereocenters. The van der Waals surface area contributed by atoms with Crippen LogP contribution in [-0.4, -0.2) is 41.7 Å². The average Bonchev–Trinajstić information content (AvgIpc) is 2.34. The van der Waals surface area contributed by atoms with Gasteiger partial charge < -0.3 is 10.4 Å². The Morgan fingerprint density at radius 2 is 2.37 bits per heavy atom. The summed E-state index contributed by atoms with van der Waals surface area (Å²) in [7, 11) is 0. The maximum atomic E-state index is 12.0. The zero-order chi connectivity index (χ0) is 13.8. The van der Waals surface area contributed by atoms with E-state index in [4.69, 9.17) is 11.6 Å². The molecule has 0 radical (unpaired) electrons. The summed E-state index contributed by atoms with van der Waals surface area (Å²) in [6.45, 7) is 3.67. The smallest absolute Gasteiger partial charge is 0.238 e. The molecule has 4 nitrogen and oxygen atoms in total. The Labute approximate surface area is 118 Å². The first kappa shape index (κ1) is 14.3. The summed E-state index contributed by atoms with van der Waals surface area (Å²) in [5.41, 5.74) is 1.73. The van der Waals surface area contributed by atoms with Crippen LogP contribution in [0, 0.1) is 6.92 Å². The second-order valence-corrected chi connectivity index (χ2v) is 5.48. The second kappa shape index (κ2) is 6.37. The zero-order valence-electron chi connectivity index (χ0n) is 11.0. The molecule has 1 fully saturated rings. The van der Waals surface area contributed by atoms with Gasteiger partial charge in [0.05, 0.1) is 12.6 Å². The van der Waals surface area contributed by atoms with Crippen molar-refractivity contribution in [2.75, 3.05) is 25.0 Å². The van der Waals surface area contributed by atoms with Crippen molar-refractivity contribution in [1.82, 2.24) is 4.90 Å². The van der Waals surface area contributed by atoms with Crippen molar-refractivity contribution in [3.05, 3.63) is 28.8 Å². The molecule has 1 aliphatic rings. The van der Waals surface area contributed by atoms with Crippen LogP contribution in [-0.2, 0) is 4.79 Å². The normalized spacial score (nSPS) is 20.3. The number of aryl methyl sites for hydroxylation is 1. The first-order valence-electron chi connectivity index (χ1n) is 6.51. The molecule has 0 aromatic heterocycles. The number of nitrogens with zero attached hydrogens (tertiary/aromatic N) is 1. The number of carbonyl (C=O) groups excluding carboxylic acids is 1. The van der Waals surface area contributed by atoms with Crippen LogP contribution in [0.1, 0.15) is 18.4 Å². The van der Waals surface area contributed by atoms with Crippen molar-refractivity contribution in [3.8, 4) is 0 Å². The van der Waals surface area contributed by atoms with E-state index in [2.05, 4.69) is 5.32 Å². The number of likely N-dealkylation sites (tertiary alicyclic amines) is 1. The van der Waals surface area contributed by atoms with Gasteiger partial charge in [0.1, 0.15) is 0 Å². The van der Waals surface area contributed by atoms with Gasteiger partial charge in [-0.1, -0.05) is 17.7 Å². The quantitative estimate of drug-likeness (QED) is 0.892. The number of carbonyl (C=O) groups is 1. The van der Waals surface area contributed by atoms with Crippen molar-refractivity contribution in [2.24, 2.45) is 0 Å². The number of hydrogen-bond donors (Lipinski definition) is 2. The predicted molar refractivity (Wildman–Crippen MR) is 76.5 cm³/mol. The van der Waals surface area contributed by atoms with Crippen molar-refractivity contribution >= 4 is 23.2 Å². The third-order valence-corrected chi connectivity index (χ3v) is 3.56. The Morgan fingerprint density at radius 1 is 1.58 bits per heavy atom. The molecule has 0 saturated carbocycles. The third kappa shape index (κ3) is 4.20. The molecule has 1 saturated heterocycles. The fourth-order valence-corrected chi connectivity index (χ4v) is 2.47. The van der Waals surface area contributed by atoms with E-state index >= 15 is 0 Å². The lowest BCUT2D eigenvalue weighted by molar-refractivity contribution is -0.118. The van der Waals surface area contributed by atoms with Gasteiger partial charge in [-0.05, 0) is 44.0 Å². The van der Waals surface area contributed by atoms with E-state index in [1.54, 1.807) is 12.1 Å². The number of piperidine rings is 1. The third-order valence-electron chi connectivity index (χ3n) is 3.32. The number of aliphatic hydroxyl groups excluding tert-OH is 1. The van der Waals surface area contributed by atoms with E-state index in [9.17, 15) is 9.90 Å². The van der Waals surface area contributed by atoms with Crippen molar-refractivity contribution in [2.45, 2.75) is 25.9 Å². The number of hydrogen-bond acceptors (Lipinski definition) is 3. The van der Waals surface area contributed by atoms with Crippen LogP contribution in [0.15, 0.2) is 18.2 Å². The number of nitrogens with one attached hydrogen (secondary N) is 1. The molecule has 0 bridgehead atoms. The van der Waals surface area contributed by atoms with Crippen molar-refractivity contribution < 1.29 is 9.90 Å². The summed E-state index contributed by atoms with van der Waals surface area (Å²) < 4.78 is 0. The minimum atomic E-state index is -0.311. The number of halogens is 1. The summed E-state index contributed by atoms with van der Waals surface area (Å²) in [4.78, 5) is 13.9. The van der Waals surface area contributed by atoms with Gasteiger partial charge in [0.25, 0.3) is 0 Å². The van der Waals surface area contributed by atoms with E-state index in [-0.39, 0.29) is 12.0 Å². The van der Waals surface area contributed by atoms with Crippen molar-refractivity contribution in [3.63, 3.8) is 0 Å². The number of benzene rings is 1. The average molecular weight is 283 g/mol. The van der Waals surface area contributed by atoms with Crippen LogP contribution in [0.2, 0.25) is 5.02 Å². The van der Waals surface area contributed by atoms with E-state index in [1.807, 2.05) is 17.9 Å². The Morgan fingerprint density at radius 3 is 3.11 bits per heavy atom. The lowest BCUT2D eigenvalue weighted by atomic mass is 10.1. The van der Waals surface area contributed by atoms with Crippen LogP contribution in [0.4, 0.5) is 5.69 Å². The fourth-order valence-electron chi connectivity index (χ4n) is 2.30. The van der Waals surface area contributed by atoms with Crippen LogP contribution >= 0.6 is 11.6 Å². The SMILES string of the molecule is Cc1ccc(Cl)cc1NC(=O)CN1CCC[C@H](O)C1. The zero-order valence-corrected chi connectivity index (χ0v) is 11.8. The summed E-state index contributed by atoms with van der Waals surface area (Å²) in [6.07, 6.45) is 1.45. The maximum absolute atomic E-state index is 12.0. The number of aliphatic hydroxyl groups is 1.